The van der Waals surface area contributed by atoms with Gasteiger partial charge in [0.1, 0.15) is 0 Å². The zero-order valence-corrected chi connectivity index (χ0v) is 16.5. The number of nitrogens with zero attached hydrogens (tertiary/aromatic N) is 4. The second-order valence-corrected chi connectivity index (χ2v) is 7.27. The van der Waals surface area contributed by atoms with Crippen molar-refractivity contribution in [1.29, 1.82) is 0 Å². The van der Waals surface area contributed by atoms with E-state index in [0.717, 1.165) is 45.0 Å². The van der Waals surface area contributed by atoms with E-state index < -0.39 is 5.97 Å². The molecule has 0 bridgehead atoms. The van der Waals surface area contributed by atoms with Crippen LogP contribution in [0.15, 0.2) is 47.8 Å². The third-order valence-corrected chi connectivity index (χ3v) is 5.15. The van der Waals surface area contributed by atoms with Crippen molar-refractivity contribution in [3.05, 3.63) is 42.6 Å². The molecule has 0 aliphatic heterocycles. The molecular weight excluding hydrogens is 392 g/mol. The summed E-state index contributed by atoms with van der Waals surface area (Å²) in [6, 6.07) is 12.0. The Kier molecular flexibility index (Phi) is 5.19. The molecule has 0 spiro atoms. The summed E-state index contributed by atoms with van der Waals surface area (Å²) < 4.78 is 1.83. The summed E-state index contributed by atoms with van der Waals surface area (Å²) in [6.07, 6.45) is 1.83. The van der Waals surface area contributed by atoms with Crippen molar-refractivity contribution in [1.82, 2.24) is 25.0 Å². The number of aromatic amines is 1. The topological polar surface area (TPSA) is 118 Å². The molecule has 10 heteroatoms. The number of carbonyl (C=O) groups is 1. The number of H-pyrrole nitrogens is 1. The van der Waals surface area contributed by atoms with Crippen LogP contribution < -0.4 is 5.48 Å². The number of aromatic nitrogens is 5. The van der Waals surface area contributed by atoms with Crippen molar-refractivity contribution in [2.24, 2.45) is 7.05 Å². The summed E-state index contributed by atoms with van der Waals surface area (Å²) in [5, 5.41) is 22.8. The maximum Gasteiger partial charge on any atom is 0.313 e. The molecule has 0 radical (unpaired) electrons. The largest absolute Gasteiger partial charge is 0.481 e. The number of anilines is 1. The van der Waals surface area contributed by atoms with Gasteiger partial charge in [-0.25, -0.2) is 0 Å². The SMILES string of the molecule is CONc1cc(-c2ccc3c(cnn3C)c2)cc(-c2nnc(SCC(=O)O)[nH]2)c1. The van der Waals surface area contributed by atoms with E-state index >= 15 is 0 Å². The average Bonchev–Trinajstić information content (AvgIpc) is 3.33. The zero-order valence-electron chi connectivity index (χ0n) is 15.7. The number of fused-ring (bicyclic) bond motifs is 1. The van der Waals surface area contributed by atoms with Gasteiger partial charge in [-0.05, 0) is 41.5 Å². The van der Waals surface area contributed by atoms with Crippen molar-refractivity contribution < 1.29 is 14.7 Å². The number of nitrogens with one attached hydrogen (secondary N) is 2. The summed E-state index contributed by atoms with van der Waals surface area (Å²) in [7, 11) is 3.45. The molecule has 0 unspecified atom stereocenters. The fraction of sp³-hybridized carbons (Fsp3) is 0.158. The number of aryl methyl sites for hydroxylation is 1. The van der Waals surface area contributed by atoms with E-state index in [1.165, 1.54) is 0 Å². The number of hydrogen-bond donors (Lipinski definition) is 3. The molecular formula is C19H18N6O3S. The molecule has 148 valence electrons. The lowest BCUT2D eigenvalue weighted by Crippen LogP contribution is -1.98. The summed E-state index contributed by atoms with van der Waals surface area (Å²) in [5.74, 6) is -0.454. The zero-order chi connectivity index (χ0) is 20.4. The Balaban J connectivity index is 1.73. The lowest BCUT2D eigenvalue weighted by atomic mass is 10.0. The molecule has 29 heavy (non-hydrogen) atoms. The summed E-state index contributed by atoms with van der Waals surface area (Å²) in [4.78, 5) is 18.9. The maximum absolute atomic E-state index is 10.8. The number of hydrogen-bond acceptors (Lipinski definition) is 7. The van der Waals surface area contributed by atoms with Crippen LogP contribution in [-0.2, 0) is 16.7 Å². The molecule has 0 saturated heterocycles. The Bertz CT molecular complexity index is 1190. The molecule has 3 N–H and O–H groups in total. The van der Waals surface area contributed by atoms with Crippen LogP contribution >= 0.6 is 11.8 Å². The van der Waals surface area contributed by atoms with Gasteiger partial charge in [0.15, 0.2) is 11.0 Å². The molecule has 2 aromatic heterocycles. The first-order chi connectivity index (χ1) is 14.0. The van der Waals surface area contributed by atoms with Crippen LogP contribution in [0.4, 0.5) is 5.69 Å². The second kappa shape index (κ2) is 7.94. The smallest absolute Gasteiger partial charge is 0.313 e. The molecule has 4 rings (SSSR count). The number of benzene rings is 2. The predicted octanol–water partition coefficient (Wildman–Crippen LogP) is 3.18. The van der Waals surface area contributed by atoms with Crippen LogP contribution in [0.5, 0.6) is 0 Å². The highest BCUT2D eigenvalue weighted by molar-refractivity contribution is 7.99. The molecule has 0 atom stereocenters. The number of thioether (sulfide) groups is 1. The lowest BCUT2D eigenvalue weighted by molar-refractivity contribution is -0.133. The minimum atomic E-state index is -0.910. The van der Waals surface area contributed by atoms with Crippen molar-refractivity contribution >= 4 is 34.3 Å². The number of aliphatic carboxylic acids is 1. The Morgan fingerprint density at radius 2 is 2.03 bits per heavy atom. The molecule has 0 amide bonds. The summed E-state index contributed by atoms with van der Waals surface area (Å²) in [5.41, 5.74) is 7.43. The Hall–Kier alpha value is -3.37. The minimum absolute atomic E-state index is 0.0870. The molecule has 0 fully saturated rings. The van der Waals surface area contributed by atoms with Crippen LogP contribution in [0, 0.1) is 0 Å². The Labute approximate surface area is 170 Å². The minimum Gasteiger partial charge on any atom is -0.481 e. The maximum atomic E-state index is 10.8. The van der Waals surface area contributed by atoms with E-state index in [1.54, 1.807) is 7.11 Å². The quantitative estimate of drug-likeness (QED) is 0.314. The van der Waals surface area contributed by atoms with E-state index in [1.807, 2.05) is 48.3 Å². The first kappa shape index (κ1) is 19.0. The van der Waals surface area contributed by atoms with E-state index in [4.69, 9.17) is 9.94 Å². The lowest BCUT2D eigenvalue weighted by Gasteiger charge is -2.10. The second-order valence-electron chi connectivity index (χ2n) is 6.31. The van der Waals surface area contributed by atoms with Gasteiger partial charge >= 0.3 is 5.97 Å². The molecule has 9 nitrogen and oxygen atoms in total. The van der Waals surface area contributed by atoms with Gasteiger partial charge in [0.25, 0.3) is 0 Å². The number of rotatable bonds is 7. The van der Waals surface area contributed by atoms with Gasteiger partial charge in [0.05, 0.1) is 30.3 Å². The molecule has 0 saturated carbocycles. The molecule has 0 aliphatic rings. The fourth-order valence-electron chi connectivity index (χ4n) is 3.02. The Morgan fingerprint density at radius 1 is 1.21 bits per heavy atom. The highest BCUT2D eigenvalue weighted by atomic mass is 32.2. The number of carboxylic acid groups (broad SMARTS) is 1. The van der Waals surface area contributed by atoms with Gasteiger partial charge in [-0.15, -0.1) is 10.2 Å². The van der Waals surface area contributed by atoms with Gasteiger partial charge in [0.2, 0.25) is 0 Å². The molecule has 2 heterocycles. The Morgan fingerprint density at radius 3 is 2.83 bits per heavy atom. The van der Waals surface area contributed by atoms with Gasteiger partial charge in [-0.3, -0.25) is 19.8 Å². The van der Waals surface area contributed by atoms with Crippen molar-refractivity contribution in [2.45, 2.75) is 5.16 Å². The third kappa shape index (κ3) is 4.08. The predicted molar refractivity (Wildman–Crippen MR) is 111 cm³/mol. The van der Waals surface area contributed by atoms with Gasteiger partial charge in [0, 0.05) is 18.0 Å². The van der Waals surface area contributed by atoms with Crippen LogP contribution in [0.25, 0.3) is 33.4 Å². The fourth-order valence-corrected chi connectivity index (χ4v) is 3.55. The van der Waals surface area contributed by atoms with Crippen LogP contribution in [0.1, 0.15) is 0 Å². The van der Waals surface area contributed by atoms with Crippen LogP contribution in [0.2, 0.25) is 0 Å². The highest BCUT2D eigenvalue weighted by Gasteiger charge is 2.12. The van der Waals surface area contributed by atoms with E-state index in [9.17, 15) is 4.79 Å². The van der Waals surface area contributed by atoms with Crippen molar-refractivity contribution in [3.8, 4) is 22.5 Å². The normalized spacial score (nSPS) is 11.1. The molecule has 4 aromatic rings. The van der Waals surface area contributed by atoms with Crippen LogP contribution in [-0.4, -0.2) is 48.9 Å². The van der Waals surface area contributed by atoms with E-state index in [2.05, 4.69) is 31.8 Å². The average molecular weight is 410 g/mol. The molecule has 2 aromatic carbocycles. The summed E-state index contributed by atoms with van der Waals surface area (Å²) >= 11 is 1.08. The van der Waals surface area contributed by atoms with Gasteiger partial charge in [-0.2, -0.15) is 5.10 Å². The van der Waals surface area contributed by atoms with Crippen LogP contribution in [0.3, 0.4) is 0 Å². The third-order valence-electron chi connectivity index (χ3n) is 4.30. The first-order valence-corrected chi connectivity index (χ1v) is 9.66. The first-order valence-electron chi connectivity index (χ1n) is 8.67. The van der Waals surface area contributed by atoms with E-state index in [-0.39, 0.29) is 5.75 Å². The summed E-state index contributed by atoms with van der Waals surface area (Å²) in [6.45, 7) is 0. The van der Waals surface area contributed by atoms with Gasteiger partial charge in [-0.1, -0.05) is 17.8 Å². The monoisotopic (exact) mass is 410 g/mol. The van der Waals surface area contributed by atoms with Crippen molar-refractivity contribution in [3.63, 3.8) is 0 Å². The van der Waals surface area contributed by atoms with E-state index in [0.29, 0.717) is 11.0 Å². The van der Waals surface area contributed by atoms with Gasteiger partial charge < -0.3 is 10.1 Å². The van der Waals surface area contributed by atoms with Crippen molar-refractivity contribution in [2.75, 3.05) is 18.3 Å². The number of carboxylic acids is 1. The standard InChI is InChI=1S/C19H18N6O3S/c1-25-16-4-3-11(5-14(16)9-20-25)12-6-13(8-15(7-12)24-28-2)18-21-19(23-22-18)29-10-17(26)27/h3-9,24H,10H2,1-2H3,(H,26,27)(H,21,22,23). The molecule has 0 aliphatic carbocycles. The highest BCUT2D eigenvalue weighted by Crippen LogP contribution is 2.31.